The van der Waals surface area contributed by atoms with E-state index in [2.05, 4.69) is 20.4 Å². The molecule has 0 spiro atoms. The molecule has 0 aliphatic rings. The molecule has 0 aromatic carbocycles. The Morgan fingerprint density at radius 1 is 1.25 bits per heavy atom. The third-order valence-corrected chi connectivity index (χ3v) is 2.56. The average Bonchev–Trinajstić information content (AvgIpc) is 2.10. The van der Waals surface area contributed by atoms with E-state index in [9.17, 15) is 0 Å². The molecule has 2 nitrogen and oxygen atoms in total. The molecule has 0 amide bonds. The Morgan fingerprint density at radius 2 is 1.75 bits per heavy atom. The highest BCUT2D eigenvalue weighted by molar-refractivity contribution is 6.42. The highest BCUT2D eigenvalue weighted by Gasteiger charge is 2.05. The highest BCUT2D eigenvalue weighted by atomic mass is 28.2. The molecule has 0 rings (SSSR count). The normalized spacial score (nSPS) is 11.6. The van der Waals surface area contributed by atoms with Crippen molar-refractivity contribution in [3.05, 3.63) is 12.3 Å². The van der Waals surface area contributed by atoms with Crippen molar-refractivity contribution >= 4 is 9.52 Å². The highest BCUT2D eigenvalue weighted by Crippen LogP contribution is 1.96. The fourth-order valence-electron chi connectivity index (χ4n) is 0.819. The zero-order chi connectivity index (χ0) is 9.23. The molecule has 0 saturated carbocycles. The van der Waals surface area contributed by atoms with Crippen molar-refractivity contribution in [1.29, 1.82) is 0 Å². The van der Waals surface area contributed by atoms with Crippen molar-refractivity contribution in [2.45, 2.75) is 32.6 Å². The largest absolute Gasteiger partial charge is 0.357 e. The van der Waals surface area contributed by atoms with Crippen molar-refractivity contribution in [3.63, 3.8) is 0 Å². The Balaban J connectivity index is 3.46. The summed E-state index contributed by atoms with van der Waals surface area (Å²) in [5.41, 5.74) is 1.97. The van der Waals surface area contributed by atoms with Crippen LogP contribution in [0.5, 0.6) is 0 Å². The first-order valence-corrected chi connectivity index (χ1v) is 6.32. The van der Waals surface area contributed by atoms with E-state index in [4.69, 9.17) is 9.47 Å². The van der Waals surface area contributed by atoms with Gasteiger partial charge in [0.25, 0.3) is 0 Å². The lowest BCUT2D eigenvalue weighted by molar-refractivity contribution is -0.0895. The van der Waals surface area contributed by atoms with E-state index in [0.29, 0.717) is 0 Å². The van der Waals surface area contributed by atoms with Gasteiger partial charge in [-0.05, 0) is 12.8 Å². The lowest BCUT2D eigenvalue weighted by Gasteiger charge is -2.15. The second-order valence-corrected chi connectivity index (χ2v) is 4.41. The minimum absolute atomic E-state index is 0.0578. The van der Waals surface area contributed by atoms with Crippen molar-refractivity contribution < 1.29 is 9.47 Å². The first-order valence-electron chi connectivity index (χ1n) is 4.69. The van der Waals surface area contributed by atoms with Crippen LogP contribution in [0.3, 0.4) is 0 Å². The molecule has 0 fully saturated rings. The van der Waals surface area contributed by atoms with E-state index in [0.717, 1.165) is 26.1 Å². The fraction of sp³-hybridized carbons (Fsp3) is 0.778. The fourth-order valence-corrected chi connectivity index (χ4v) is 1.70. The maximum Gasteiger partial charge on any atom is 0.139 e. The van der Waals surface area contributed by atoms with E-state index < -0.39 is 0 Å². The first-order chi connectivity index (χ1) is 5.85. The van der Waals surface area contributed by atoms with Crippen molar-refractivity contribution in [3.8, 4) is 0 Å². The van der Waals surface area contributed by atoms with Gasteiger partial charge in [-0.1, -0.05) is 13.8 Å². The molecule has 0 aliphatic heterocycles. The van der Waals surface area contributed by atoms with Crippen LogP contribution in [-0.4, -0.2) is 28.6 Å². The molecule has 0 saturated heterocycles. The van der Waals surface area contributed by atoms with Gasteiger partial charge in [0.2, 0.25) is 0 Å². The minimum Gasteiger partial charge on any atom is -0.357 e. The third-order valence-electron chi connectivity index (χ3n) is 1.37. The number of ether oxygens (including phenoxy) is 2. The van der Waals surface area contributed by atoms with E-state index in [-0.39, 0.29) is 15.4 Å². The summed E-state index contributed by atoms with van der Waals surface area (Å²) in [5, 5.41) is 0. The molecule has 0 atom stereocenters. The van der Waals surface area contributed by atoms with Gasteiger partial charge < -0.3 is 9.47 Å². The van der Waals surface area contributed by atoms with Gasteiger partial charge in [-0.3, -0.25) is 0 Å². The molecule has 0 aromatic rings. The average molecular weight is 188 g/mol. The minimum atomic E-state index is -0.385. The van der Waals surface area contributed by atoms with Gasteiger partial charge >= 0.3 is 0 Å². The standard InChI is InChI=1S/C9H20O2Si/c1-4-7-10-9(12-6-3)11-8-5-2/h6,9H,3-5,7-8,12H2,1-2H3. The molecule has 0 N–H and O–H groups in total. The molecule has 0 bridgehead atoms. The van der Waals surface area contributed by atoms with Crippen molar-refractivity contribution in [2.75, 3.05) is 13.2 Å². The lowest BCUT2D eigenvalue weighted by atomic mass is 10.5. The van der Waals surface area contributed by atoms with Crippen molar-refractivity contribution in [2.24, 2.45) is 0 Å². The maximum atomic E-state index is 5.50. The molecular weight excluding hydrogens is 168 g/mol. The Hall–Kier alpha value is -0.123. The van der Waals surface area contributed by atoms with Crippen LogP contribution in [0.1, 0.15) is 26.7 Å². The van der Waals surface area contributed by atoms with Crippen LogP contribution in [0.4, 0.5) is 0 Å². The van der Waals surface area contributed by atoms with E-state index in [1.165, 1.54) is 0 Å². The molecule has 3 heteroatoms. The van der Waals surface area contributed by atoms with Gasteiger partial charge in [0.15, 0.2) is 0 Å². The summed E-state index contributed by atoms with van der Waals surface area (Å²) in [6, 6.07) is 0. The summed E-state index contributed by atoms with van der Waals surface area (Å²) in [4.78, 5) is 0. The summed E-state index contributed by atoms with van der Waals surface area (Å²) >= 11 is 0. The Morgan fingerprint density at radius 3 is 2.08 bits per heavy atom. The summed E-state index contributed by atoms with van der Waals surface area (Å²) in [7, 11) is -0.385. The second kappa shape index (κ2) is 8.97. The van der Waals surface area contributed by atoms with Gasteiger partial charge in [0.1, 0.15) is 15.4 Å². The molecule has 72 valence electrons. The van der Waals surface area contributed by atoms with Crippen LogP contribution in [-0.2, 0) is 9.47 Å². The van der Waals surface area contributed by atoms with Crippen LogP contribution in [0.2, 0.25) is 0 Å². The van der Waals surface area contributed by atoms with Crippen LogP contribution in [0.25, 0.3) is 0 Å². The van der Waals surface area contributed by atoms with Gasteiger partial charge in [-0.2, -0.15) is 0 Å². The van der Waals surface area contributed by atoms with E-state index >= 15 is 0 Å². The van der Waals surface area contributed by atoms with Gasteiger partial charge in [-0.25, -0.2) is 0 Å². The lowest BCUT2D eigenvalue weighted by Crippen LogP contribution is -2.24. The molecule has 0 radical (unpaired) electrons. The third kappa shape index (κ3) is 6.58. The Kier molecular flexibility index (Phi) is 8.88. The predicted octanol–water partition coefficient (Wildman–Crippen LogP) is 1.44. The van der Waals surface area contributed by atoms with E-state index in [1.54, 1.807) is 0 Å². The zero-order valence-electron chi connectivity index (χ0n) is 8.21. The molecule has 0 heterocycles. The van der Waals surface area contributed by atoms with E-state index in [1.807, 2.05) is 5.70 Å². The van der Waals surface area contributed by atoms with Crippen molar-refractivity contribution in [1.82, 2.24) is 0 Å². The first kappa shape index (κ1) is 11.9. The molecule has 0 aromatic heterocycles. The summed E-state index contributed by atoms with van der Waals surface area (Å²) in [5.74, 6) is 0.0578. The summed E-state index contributed by atoms with van der Waals surface area (Å²) in [6.07, 6.45) is 2.11. The van der Waals surface area contributed by atoms with Crippen LogP contribution in [0.15, 0.2) is 12.3 Å². The maximum absolute atomic E-state index is 5.50. The number of rotatable bonds is 8. The van der Waals surface area contributed by atoms with Crippen LogP contribution < -0.4 is 0 Å². The smallest absolute Gasteiger partial charge is 0.139 e. The summed E-state index contributed by atoms with van der Waals surface area (Å²) < 4.78 is 11.0. The van der Waals surface area contributed by atoms with Crippen LogP contribution >= 0.6 is 0 Å². The SMILES string of the molecule is C=C[SiH2]C(OCCC)OCCC. The van der Waals surface area contributed by atoms with Gasteiger partial charge in [-0.15, -0.1) is 12.3 Å². The van der Waals surface area contributed by atoms with Crippen LogP contribution in [0, 0.1) is 0 Å². The Bertz CT molecular complexity index is 98.7. The van der Waals surface area contributed by atoms with Gasteiger partial charge in [0, 0.05) is 13.2 Å². The summed E-state index contributed by atoms with van der Waals surface area (Å²) in [6.45, 7) is 9.53. The topological polar surface area (TPSA) is 18.5 Å². The number of hydrogen-bond acceptors (Lipinski definition) is 2. The molecule has 0 aliphatic carbocycles. The second-order valence-electron chi connectivity index (χ2n) is 2.70. The number of hydrogen-bond donors (Lipinski definition) is 0. The molecule has 0 unspecified atom stereocenters. The van der Waals surface area contributed by atoms with Gasteiger partial charge in [0.05, 0.1) is 0 Å². The molecule has 12 heavy (non-hydrogen) atoms. The predicted molar refractivity (Wildman–Crippen MR) is 55.0 cm³/mol. The Labute approximate surface area is 77.8 Å². The quantitative estimate of drug-likeness (QED) is 0.424. The molecular formula is C9H20O2Si. The zero-order valence-corrected chi connectivity index (χ0v) is 9.63. The monoisotopic (exact) mass is 188 g/mol.